The molecule has 1 aromatic rings. The molecule has 0 N–H and O–H groups in total. The van der Waals surface area contributed by atoms with Crippen LogP contribution in [0.1, 0.15) is 64.9 Å². The normalized spacial score (nSPS) is 19.8. The third kappa shape index (κ3) is 7.28. The highest BCUT2D eigenvalue weighted by Gasteiger charge is 2.39. The molecule has 3 rings (SSSR count). The van der Waals surface area contributed by atoms with Crippen LogP contribution in [0.4, 0.5) is 4.79 Å². The fourth-order valence-electron chi connectivity index (χ4n) is 4.54. The smallest absolute Gasteiger partial charge is 0.410 e. The number of ether oxygens (including phenoxy) is 2. The van der Waals surface area contributed by atoms with E-state index in [1.165, 1.54) is 44.5 Å². The molecule has 5 heteroatoms. The first kappa shape index (κ1) is 23.1. The van der Waals surface area contributed by atoms with E-state index in [4.69, 9.17) is 9.47 Å². The van der Waals surface area contributed by atoms with Crippen LogP contribution in [0.3, 0.4) is 0 Å². The van der Waals surface area contributed by atoms with Crippen molar-refractivity contribution in [2.45, 2.75) is 71.5 Å². The molecule has 0 radical (unpaired) electrons. The maximum absolute atomic E-state index is 12.3. The van der Waals surface area contributed by atoms with Crippen molar-refractivity contribution in [2.24, 2.45) is 5.41 Å². The zero-order chi connectivity index (χ0) is 21.5. The number of carbonyl (C=O) groups excluding carboxylic acids is 1. The Morgan fingerprint density at radius 3 is 2.23 bits per heavy atom. The molecular weight excluding hydrogens is 376 g/mol. The minimum absolute atomic E-state index is 0.149. The van der Waals surface area contributed by atoms with Gasteiger partial charge in [-0.2, -0.15) is 0 Å². The Bertz CT molecular complexity index is 638. The van der Waals surface area contributed by atoms with Gasteiger partial charge in [-0.1, -0.05) is 30.3 Å². The summed E-state index contributed by atoms with van der Waals surface area (Å²) in [6.45, 7) is 12.6. The van der Waals surface area contributed by atoms with E-state index in [1.807, 2.05) is 31.7 Å². The summed E-state index contributed by atoms with van der Waals surface area (Å²) in [5.41, 5.74) is 1.27. The molecule has 0 unspecified atom stereocenters. The number of rotatable bonds is 7. The summed E-state index contributed by atoms with van der Waals surface area (Å²) in [4.78, 5) is 16.8. The number of piperidine rings is 2. The molecule has 30 heavy (non-hydrogen) atoms. The molecule has 168 valence electrons. The molecule has 2 fully saturated rings. The Kier molecular flexibility index (Phi) is 8.18. The van der Waals surface area contributed by atoms with E-state index in [1.54, 1.807) is 0 Å². The predicted molar refractivity (Wildman–Crippen MR) is 120 cm³/mol. The van der Waals surface area contributed by atoms with Crippen LogP contribution in [0.2, 0.25) is 0 Å². The van der Waals surface area contributed by atoms with Crippen molar-refractivity contribution >= 4 is 6.09 Å². The van der Waals surface area contributed by atoms with Gasteiger partial charge in [-0.15, -0.1) is 0 Å². The first-order valence-electron chi connectivity index (χ1n) is 11.7. The highest BCUT2D eigenvalue weighted by molar-refractivity contribution is 5.68. The topological polar surface area (TPSA) is 42.0 Å². The molecule has 0 saturated carbocycles. The molecule has 0 aliphatic carbocycles. The van der Waals surface area contributed by atoms with E-state index in [0.29, 0.717) is 12.0 Å². The Balaban J connectivity index is 1.27. The number of unbranched alkanes of at least 4 members (excludes halogenated alkanes) is 1. The molecule has 1 amide bonds. The van der Waals surface area contributed by atoms with Crippen LogP contribution in [0.25, 0.3) is 0 Å². The lowest BCUT2D eigenvalue weighted by atomic mass is 9.71. The second-order valence-electron chi connectivity index (χ2n) is 10.1. The number of hydrogen-bond donors (Lipinski definition) is 0. The number of hydrogen-bond acceptors (Lipinski definition) is 4. The Morgan fingerprint density at radius 2 is 1.60 bits per heavy atom. The highest BCUT2D eigenvalue weighted by Crippen LogP contribution is 2.41. The summed E-state index contributed by atoms with van der Waals surface area (Å²) in [6.07, 6.45) is 6.94. The number of carbonyl (C=O) groups is 1. The third-order valence-electron chi connectivity index (χ3n) is 6.52. The van der Waals surface area contributed by atoms with E-state index in [0.717, 1.165) is 39.0 Å². The molecule has 1 spiro atoms. The average molecular weight is 417 g/mol. The number of amides is 1. The first-order chi connectivity index (χ1) is 14.4. The maximum Gasteiger partial charge on any atom is 0.410 e. The van der Waals surface area contributed by atoms with E-state index >= 15 is 0 Å². The van der Waals surface area contributed by atoms with Gasteiger partial charge in [0.2, 0.25) is 0 Å². The third-order valence-corrected chi connectivity index (χ3v) is 6.52. The summed E-state index contributed by atoms with van der Waals surface area (Å²) < 4.78 is 11.3. The van der Waals surface area contributed by atoms with Crippen LogP contribution in [-0.4, -0.2) is 60.8 Å². The van der Waals surface area contributed by atoms with Gasteiger partial charge in [0, 0.05) is 19.7 Å². The van der Waals surface area contributed by atoms with E-state index in [-0.39, 0.29) is 6.09 Å². The van der Waals surface area contributed by atoms with E-state index in [2.05, 4.69) is 29.2 Å². The van der Waals surface area contributed by atoms with Gasteiger partial charge >= 0.3 is 6.09 Å². The van der Waals surface area contributed by atoms with Gasteiger partial charge < -0.3 is 19.3 Å². The SMILES string of the molecule is CC(C)(C)OC(=O)N1CCC2(CCN(CCCCOCc3ccccc3)CC2)CC1. The molecule has 1 aromatic carbocycles. The van der Waals surface area contributed by atoms with Crippen LogP contribution in [0.5, 0.6) is 0 Å². The first-order valence-corrected chi connectivity index (χ1v) is 11.7. The molecule has 0 bridgehead atoms. The van der Waals surface area contributed by atoms with Gasteiger partial charge in [0.05, 0.1) is 6.61 Å². The molecular formula is C25H40N2O3. The molecule has 0 aromatic heterocycles. The molecule has 0 atom stereocenters. The van der Waals surface area contributed by atoms with Crippen molar-refractivity contribution in [3.63, 3.8) is 0 Å². The Labute approximate surface area is 182 Å². The van der Waals surface area contributed by atoms with Crippen molar-refractivity contribution in [2.75, 3.05) is 39.3 Å². The van der Waals surface area contributed by atoms with Gasteiger partial charge in [0.15, 0.2) is 0 Å². The lowest BCUT2D eigenvalue weighted by Crippen LogP contribution is -2.49. The van der Waals surface area contributed by atoms with E-state index < -0.39 is 5.60 Å². The van der Waals surface area contributed by atoms with Crippen LogP contribution in [-0.2, 0) is 16.1 Å². The van der Waals surface area contributed by atoms with Crippen LogP contribution in [0.15, 0.2) is 30.3 Å². The largest absolute Gasteiger partial charge is 0.444 e. The fraction of sp³-hybridized carbons (Fsp3) is 0.720. The molecule has 5 nitrogen and oxygen atoms in total. The van der Waals surface area contributed by atoms with Gasteiger partial charge in [-0.25, -0.2) is 4.79 Å². The lowest BCUT2D eigenvalue weighted by Gasteiger charge is -2.46. The minimum atomic E-state index is -0.413. The zero-order valence-electron chi connectivity index (χ0n) is 19.2. The van der Waals surface area contributed by atoms with Crippen LogP contribution < -0.4 is 0 Å². The molecule has 2 saturated heterocycles. The molecule has 2 heterocycles. The maximum atomic E-state index is 12.3. The Hall–Kier alpha value is -1.59. The van der Waals surface area contributed by atoms with Gasteiger partial charge in [-0.05, 0) is 89.9 Å². The number of likely N-dealkylation sites (tertiary alicyclic amines) is 2. The Morgan fingerprint density at radius 1 is 0.967 bits per heavy atom. The summed E-state index contributed by atoms with van der Waals surface area (Å²) in [5, 5.41) is 0. The van der Waals surface area contributed by atoms with Crippen molar-refractivity contribution in [1.82, 2.24) is 9.80 Å². The molecule has 2 aliphatic rings. The van der Waals surface area contributed by atoms with Gasteiger partial charge in [-0.3, -0.25) is 0 Å². The fourth-order valence-corrected chi connectivity index (χ4v) is 4.54. The summed E-state index contributed by atoms with van der Waals surface area (Å²) in [6, 6.07) is 10.4. The highest BCUT2D eigenvalue weighted by atomic mass is 16.6. The van der Waals surface area contributed by atoms with E-state index in [9.17, 15) is 4.79 Å². The second kappa shape index (κ2) is 10.6. The zero-order valence-corrected chi connectivity index (χ0v) is 19.2. The predicted octanol–water partition coefficient (Wildman–Crippen LogP) is 5.10. The van der Waals surface area contributed by atoms with Gasteiger partial charge in [0.1, 0.15) is 5.60 Å². The second-order valence-corrected chi connectivity index (χ2v) is 10.1. The summed E-state index contributed by atoms with van der Waals surface area (Å²) >= 11 is 0. The summed E-state index contributed by atoms with van der Waals surface area (Å²) in [5.74, 6) is 0. The van der Waals surface area contributed by atoms with Crippen molar-refractivity contribution in [1.29, 1.82) is 0 Å². The van der Waals surface area contributed by atoms with Crippen molar-refractivity contribution in [3.05, 3.63) is 35.9 Å². The average Bonchev–Trinajstić information content (AvgIpc) is 2.72. The van der Waals surface area contributed by atoms with Crippen molar-refractivity contribution < 1.29 is 14.3 Å². The standard InChI is InChI=1S/C25H40N2O3/c1-24(2,3)30-23(28)27-18-13-25(14-19-27)11-16-26(17-12-25)15-7-8-20-29-21-22-9-5-4-6-10-22/h4-6,9-10H,7-8,11-21H2,1-3H3. The monoisotopic (exact) mass is 416 g/mol. The molecule has 2 aliphatic heterocycles. The quantitative estimate of drug-likeness (QED) is 0.580. The van der Waals surface area contributed by atoms with Crippen LogP contribution >= 0.6 is 0 Å². The van der Waals surface area contributed by atoms with Gasteiger partial charge in [0.25, 0.3) is 0 Å². The van der Waals surface area contributed by atoms with Crippen LogP contribution in [0, 0.1) is 5.41 Å². The minimum Gasteiger partial charge on any atom is -0.444 e. The summed E-state index contributed by atoms with van der Waals surface area (Å²) in [7, 11) is 0. The number of benzene rings is 1. The van der Waals surface area contributed by atoms with Crippen molar-refractivity contribution in [3.8, 4) is 0 Å². The number of nitrogens with zero attached hydrogens (tertiary/aromatic N) is 2. The lowest BCUT2D eigenvalue weighted by molar-refractivity contribution is -0.00268.